The molecule has 0 aliphatic rings. The van der Waals surface area contributed by atoms with Gasteiger partial charge in [0.2, 0.25) is 0 Å². The van der Waals surface area contributed by atoms with Gasteiger partial charge in [0.15, 0.2) is 0 Å². The number of amides is 2. The summed E-state index contributed by atoms with van der Waals surface area (Å²) in [4.78, 5) is 35.1. The van der Waals surface area contributed by atoms with E-state index in [0.29, 0.717) is 13.0 Å². The lowest BCUT2D eigenvalue weighted by Gasteiger charge is -2.27. The van der Waals surface area contributed by atoms with Crippen LogP contribution in [0.4, 0.5) is 4.79 Å². The second-order valence-electron chi connectivity index (χ2n) is 4.36. The molecule has 0 aromatic rings. The van der Waals surface area contributed by atoms with E-state index in [-0.39, 0.29) is 6.54 Å². The van der Waals surface area contributed by atoms with E-state index in [4.69, 9.17) is 5.11 Å². The highest BCUT2D eigenvalue weighted by Gasteiger charge is 2.31. The van der Waals surface area contributed by atoms with Crippen LogP contribution in [0.3, 0.4) is 0 Å². The molecule has 0 aromatic carbocycles. The summed E-state index contributed by atoms with van der Waals surface area (Å²) in [6.07, 6.45) is 0.651. The van der Waals surface area contributed by atoms with Gasteiger partial charge in [-0.05, 0) is 20.3 Å². The molecule has 0 atom stereocenters. The number of carboxylic acid groups (broad SMARTS) is 1. The van der Waals surface area contributed by atoms with Crippen LogP contribution >= 0.6 is 0 Å². The number of ether oxygens (including phenoxy) is 1. The maximum atomic E-state index is 11.8. The van der Waals surface area contributed by atoms with E-state index < -0.39 is 23.5 Å². The van der Waals surface area contributed by atoms with Gasteiger partial charge in [-0.25, -0.2) is 9.59 Å². The standard InChI is InChI=1S/C11H20N2O5/c1-5-6-13(7-8(14)18-4)10(17)12-11(2,3)9(15)16/h5-7H2,1-4H3,(H,12,17)(H,15,16). The fraction of sp³-hybridized carbons (Fsp3) is 0.727. The first-order valence-electron chi connectivity index (χ1n) is 5.62. The summed E-state index contributed by atoms with van der Waals surface area (Å²) >= 11 is 0. The van der Waals surface area contributed by atoms with Gasteiger partial charge >= 0.3 is 18.0 Å². The maximum absolute atomic E-state index is 11.8. The predicted molar refractivity (Wildman–Crippen MR) is 64.1 cm³/mol. The molecule has 0 rings (SSSR count). The van der Waals surface area contributed by atoms with Crippen LogP contribution in [0.25, 0.3) is 0 Å². The molecule has 0 aliphatic heterocycles. The first-order chi connectivity index (χ1) is 8.24. The van der Waals surface area contributed by atoms with Crippen molar-refractivity contribution in [1.82, 2.24) is 10.2 Å². The van der Waals surface area contributed by atoms with E-state index >= 15 is 0 Å². The maximum Gasteiger partial charge on any atom is 0.328 e. The summed E-state index contributed by atoms with van der Waals surface area (Å²) in [6.45, 7) is 4.73. The van der Waals surface area contributed by atoms with Crippen LogP contribution in [-0.2, 0) is 14.3 Å². The molecule has 0 bridgehead atoms. The van der Waals surface area contributed by atoms with Crippen LogP contribution in [0, 0.1) is 0 Å². The van der Waals surface area contributed by atoms with Crippen molar-refractivity contribution in [3.63, 3.8) is 0 Å². The van der Waals surface area contributed by atoms with Gasteiger partial charge in [-0.3, -0.25) is 4.79 Å². The third-order valence-corrected chi connectivity index (χ3v) is 2.28. The molecular weight excluding hydrogens is 240 g/mol. The molecule has 0 aromatic heterocycles. The molecule has 0 heterocycles. The molecule has 0 saturated carbocycles. The molecule has 7 nitrogen and oxygen atoms in total. The molecule has 0 aliphatic carbocycles. The molecule has 0 spiro atoms. The number of carbonyl (C=O) groups excluding carboxylic acids is 2. The smallest absolute Gasteiger partial charge is 0.328 e. The highest BCUT2D eigenvalue weighted by atomic mass is 16.5. The normalized spacial score (nSPS) is 10.7. The van der Waals surface area contributed by atoms with E-state index in [9.17, 15) is 14.4 Å². The lowest BCUT2D eigenvalue weighted by atomic mass is 10.1. The fourth-order valence-electron chi connectivity index (χ4n) is 1.14. The molecule has 0 radical (unpaired) electrons. The van der Waals surface area contributed by atoms with Gasteiger partial charge < -0.3 is 20.1 Å². The average molecular weight is 260 g/mol. The Labute approximate surface area is 106 Å². The number of aliphatic carboxylic acids is 1. The summed E-state index contributed by atoms with van der Waals surface area (Å²) < 4.78 is 4.48. The Kier molecular flexibility index (Phi) is 6.15. The van der Waals surface area contributed by atoms with Crippen LogP contribution in [0.15, 0.2) is 0 Å². The number of carbonyl (C=O) groups is 3. The van der Waals surface area contributed by atoms with Crippen molar-refractivity contribution < 1.29 is 24.2 Å². The second-order valence-corrected chi connectivity index (χ2v) is 4.36. The minimum absolute atomic E-state index is 0.203. The van der Waals surface area contributed by atoms with Crippen molar-refractivity contribution in [3.8, 4) is 0 Å². The van der Waals surface area contributed by atoms with Gasteiger partial charge in [0.1, 0.15) is 12.1 Å². The van der Waals surface area contributed by atoms with Crippen LogP contribution in [0.1, 0.15) is 27.2 Å². The van der Waals surface area contributed by atoms with Crippen molar-refractivity contribution in [2.75, 3.05) is 20.2 Å². The molecule has 18 heavy (non-hydrogen) atoms. The van der Waals surface area contributed by atoms with E-state index in [0.717, 1.165) is 0 Å². The van der Waals surface area contributed by atoms with Gasteiger partial charge in [-0.15, -0.1) is 0 Å². The molecule has 7 heteroatoms. The van der Waals surface area contributed by atoms with Gasteiger partial charge in [-0.1, -0.05) is 6.92 Å². The summed E-state index contributed by atoms with van der Waals surface area (Å²) in [5.41, 5.74) is -1.39. The summed E-state index contributed by atoms with van der Waals surface area (Å²) in [6, 6.07) is -0.602. The lowest BCUT2D eigenvalue weighted by molar-refractivity contribution is -0.143. The van der Waals surface area contributed by atoms with Crippen molar-refractivity contribution in [3.05, 3.63) is 0 Å². The quantitative estimate of drug-likeness (QED) is 0.676. The summed E-state index contributed by atoms with van der Waals surface area (Å²) in [5, 5.41) is 11.3. The minimum Gasteiger partial charge on any atom is -0.480 e. The zero-order valence-corrected chi connectivity index (χ0v) is 11.1. The first kappa shape index (κ1) is 16.2. The van der Waals surface area contributed by atoms with Gasteiger partial charge in [-0.2, -0.15) is 0 Å². The first-order valence-corrected chi connectivity index (χ1v) is 5.62. The Balaban J connectivity index is 4.66. The number of hydrogen-bond donors (Lipinski definition) is 2. The summed E-state index contributed by atoms with van der Waals surface area (Å²) in [7, 11) is 1.23. The zero-order valence-electron chi connectivity index (χ0n) is 11.1. The monoisotopic (exact) mass is 260 g/mol. The van der Waals surface area contributed by atoms with Gasteiger partial charge in [0, 0.05) is 6.54 Å². The number of nitrogens with zero attached hydrogens (tertiary/aromatic N) is 1. The van der Waals surface area contributed by atoms with E-state index in [2.05, 4.69) is 10.1 Å². The third kappa shape index (κ3) is 5.03. The molecular formula is C11H20N2O5. The number of urea groups is 1. The predicted octanol–water partition coefficient (Wildman–Crippen LogP) is 0.444. The molecule has 2 amide bonds. The average Bonchev–Trinajstić information content (AvgIpc) is 2.27. The molecule has 0 saturated heterocycles. The third-order valence-electron chi connectivity index (χ3n) is 2.28. The topological polar surface area (TPSA) is 95.9 Å². The highest BCUT2D eigenvalue weighted by molar-refractivity contribution is 5.87. The van der Waals surface area contributed by atoms with E-state index in [1.807, 2.05) is 6.92 Å². The minimum atomic E-state index is -1.39. The number of methoxy groups -OCH3 is 1. The van der Waals surface area contributed by atoms with Gasteiger partial charge in [0.25, 0.3) is 0 Å². The van der Waals surface area contributed by atoms with Crippen molar-refractivity contribution in [2.24, 2.45) is 0 Å². The molecule has 104 valence electrons. The SMILES string of the molecule is CCCN(CC(=O)OC)C(=O)NC(C)(C)C(=O)O. The van der Waals surface area contributed by atoms with Gasteiger partial charge in [0.05, 0.1) is 7.11 Å². The van der Waals surface area contributed by atoms with E-state index in [1.165, 1.54) is 25.9 Å². The van der Waals surface area contributed by atoms with Crippen molar-refractivity contribution >= 4 is 18.0 Å². The number of esters is 1. The number of nitrogens with one attached hydrogen (secondary N) is 1. The van der Waals surface area contributed by atoms with Crippen molar-refractivity contribution in [1.29, 1.82) is 0 Å². The number of rotatable bonds is 6. The van der Waals surface area contributed by atoms with Crippen LogP contribution in [0.2, 0.25) is 0 Å². The Morgan fingerprint density at radius 2 is 1.89 bits per heavy atom. The largest absolute Gasteiger partial charge is 0.480 e. The second kappa shape index (κ2) is 6.83. The Morgan fingerprint density at radius 1 is 1.33 bits per heavy atom. The molecule has 0 unspecified atom stereocenters. The summed E-state index contributed by atoms with van der Waals surface area (Å²) in [5.74, 6) is -1.70. The van der Waals surface area contributed by atoms with Crippen LogP contribution in [0.5, 0.6) is 0 Å². The highest BCUT2D eigenvalue weighted by Crippen LogP contribution is 2.04. The number of hydrogen-bond acceptors (Lipinski definition) is 4. The Hall–Kier alpha value is -1.79. The zero-order chi connectivity index (χ0) is 14.3. The van der Waals surface area contributed by atoms with Crippen LogP contribution in [-0.4, -0.2) is 53.7 Å². The number of carboxylic acids is 1. The lowest BCUT2D eigenvalue weighted by Crippen LogP contribution is -2.55. The Morgan fingerprint density at radius 3 is 2.28 bits per heavy atom. The fourth-order valence-corrected chi connectivity index (χ4v) is 1.14. The van der Waals surface area contributed by atoms with E-state index in [1.54, 1.807) is 0 Å². The Bertz CT molecular complexity index is 327. The molecule has 2 N–H and O–H groups in total. The van der Waals surface area contributed by atoms with Crippen LogP contribution < -0.4 is 5.32 Å². The van der Waals surface area contributed by atoms with Crippen molar-refractivity contribution in [2.45, 2.75) is 32.7 Å². The molecule has 0 fully saturated rings.